The molecular formula is C18H22N4O3S. The van der Waals surface area contributed by atoms with E-state index in [-0.39, 0.29) is 18.5 Å². The number of hydrogen-bond donors (Lipinski definition) is 3. The number of carbonyl (C=O) groups is 2. The summed E-state index contributed by atoms with van der Waals surface area (Å²) in [6.45, 7) is 1.28. The number of carbonyl (C=O) groups excluding carboxylic acids is 1. The lowest BCUT2D eigenvalue weighted by Gasteiger charge is -2.21. The number of thiophene rings is 1. The van der Waals surface area contributed by atoms with Crippen LogP contribution in [-0.2, 0) is 24.2 Å². The molecule has 3 heterocycles. The molecule has 0 aromatic carbocycles. The standard InChI is InChI=1S/C18H22N4O3S/c23-17(24)10-22-8-2-5-14(22)15-6-7-16(26-15)18(25)19-9-13-11-3-1-4-12(11)20-21-13/h6-7,14H,1-5,8-10H2,(H,19,25)(H,20,21)(H,23,24)/t14-/m0/s1. The Bertz CT molecular complexity index is 828. The van der Waals surface area contributed by atoms with Crippen LogP contribution in [0, 0.1) is 0 Å². The lowest BCUT2D eigenvalue weighted by atomic mass is 10.2. The minimum Gasteiger partial charge on any atom is -0.480 e. The fraction of sp³-hybridized carbons (Fsp3) is 0.500. The van der Waals surface area contributed by atoms with Gasteiger partial charge in [-0.1, -0.05) is 0 Å². The molecule has 1 fully saturated rings. The van der Waals surface area contributed by atoms with E-state index < -0.39 is 5.97 Å². The number of rotatable bonds is 6. The number of aromatic nitrogens is 2. The number of hydrogen-bond acceptors (Lipinski definition) is 5. The third kappa shape index (κ3) is 3.39. The lowest BCUT2D eigenvalue weighted by molar-refractivity contribution is -0.138. The Morgan fingerprint density at radius 1 is 1.35 bits per heavy atom. The van der Waals surface area contributed by atoms with Crippen LogP contribution in [0.3, 0.4) is 0 Å². The monoisotopic (exact) mass is 374 g/mol. The zero-order valence-electron chi connectivity index (χ0n) is 14.5. The van der Waals surface area contributed by atoms with Crippen molar-refractivity contribution in [3.63, 3.8) is 0 Å². The van der Waals surface area contributed by atoms with Crippen molar-refractivity contribution in [2.45, 2.75) is 44.7 Å². The van der Waals surface area contributed by atoms with Crippen LogP contribution < -0.4 is 5.32 Å². The van der Waals surface area contributed by atoms with Crippen LogP contribution in [0.25, 0.3) is 0 Å². The molecule has 7 nitrogen and oxygen atoms in total. The molecule has 3 N–H and O–H groups in total. The molecule has 0 saturated carbocycles. The summed E-state index contributed by atoms with van der Waals surface area (Å²) < 4.78 is 0. The SMILES string of the molecule is O=C(O)CN1CCC[C@H]1c1ccc(C(=O)NCc2n[nH]c3c2CCC3)s1. The number of fused-ring (bicyclic) bond motifs is 1. The van der Waals surface area contributed by atoms with Crippen molar-refractivity contribution in [2.24, 2.45) is 0 Å². The Balaban J connectivity index is 1.39. The van der Waals surface area contributed by atoms with Crippen LogP contribution in [0.2, 0.25) is 0 Å². The zero-order chi connectivity index (χ0) is 18.1. The first-order valence-electron chi connectivity index (χ1n) is 9.00. The van der Waals surface area contributed by atoms with Crippen molar-refractivity contribution in [1.29, 1.82) is 0 Å². The maximum Gasteiger partial charge on any atom is 0.317 e. The van der Waals surface area contributed by atoms with Gasteiger partial charge in [-0.25, -0.2) is 0 Å². The summed E-state index contributed by atoms with van der Waals surface area (Å²) in [6, 6.07) is 3.89. The molecule has 2 aromatic rings. The Labute approximate surface area is 155 Å². The van der Waals surface area contributed by atoms with Crippen molar-refractivity contribution in [1.82, 2.24) is 20.4 Å². The van der Waals surface area contributed by atoms with Crippen molar-refractivity contribution < 1.29 is 14.7 Å². The van der Waals surface area contributed by atoms with E-state index in [1.165, 1.54) is 22.6 Å². The topological polar surface area (TPSA) is 98.3 Å². The van der Waals surface area contributed by atoms with E-state index in [0.29, 0.717) is 11.4 Å². The number of carboxylic acid groups (broad SMARTS) is 1. The molecule has 26 heavy (non-hydrogen) atoms. The maximum absolute atomic E-state index is 12.5. The lowest BCUT2D eigenvalue weighted by Crippen LogP contribution is -2.28. The molecule has 8 heteroatoms. The molecule has 0 unspecified atom stereocenters. The van der Waals surface area contributed by atoms with E-state index in [9.17, 15) is 9.59 Å². The van der Waals surface area contributed by atoms with Crippen molar-refractivity contribution >= 4 is 23.2 Å². The largest absolute Gasteiger partial charge is 0.480 e. The van der Waals surface area contributed by atoms with Crippen molar-refractivity contribution in [2.75, 3.05) is 13.1 Å². The van der Waals surface area contributed by atoms with E-state index in [0.717, 1.165) is 49.2 Å². The molecule has 4 rings (SSSR count). The summed E-state index contributed by atoms with van der Waals surface area (Å²) in [6.07, 6.45) is 5.14. The predicted octanol–water partition coefficient (Wildman–Crippen LogP) is 2.11. The van der Waals surface area contributed by atoms with Gasteiger partial charge in [-0.15, -0.1) is 11.3 Å². The van der Waals surface area contributed by atoms with Crippen molar-refractivity contribution in [3.05, 3.63) is 38.8 Å². The van der Waals surface area contributed by atoms with Gasteiger partial charge in [0.1, 0.15) is 0 Å². The van der Waals surface area contributed by atoms with Gasteiger partial charge in [0.25, 0.3) is 5.91 Å². The van der Waals surface area contributed by atoms with Crippen LogP contribution in [0.5, 0.6) is 0 Å². The minimum absolute atomic E-state index is 0.0500. The Morgan fingerprint density at radius 3 is 3.08 bits per heavy atom. The highest BCUT2D eigenvalue weighted by atomic mass is 32.1. The van der Waals surface area contributed by atoms with Crippen LogP contribution >= 0.6 is 11.3 Å². The molecule has 2 aromatic heterocycles. The summed E-state index contributed by atoms with van der Waals surface area (Å²) in [5, 5.41) is 19.4. The van der Waals surface area contributed by atoms with Crippen LogP contribution in [0.1, 0.15) is 56.8 Å². The Morgan fingerprint density at radius 2 is 2.23 bits per heavy atom. The van der Waals surface area contributed by atoms with Gasteiger partial charge in [-0.3, -0.25) is 19.6 Å². The molecule has 138 valence electrons. The first-order chi connectivity index (χ1) is 12.6. The summed E-state index contributed by atoms with van der Waals surface area (Å²) >= 11 is 1.46. The molecule has 1 aliphatic carbocycles. The summed E-state index contributed by atoms with van der Waals surface area (Å²) in [7, 11) is 0. The highest BCUT2D eigenvalue weighted by Crippen LogP contribution is 2.35. The first kappa shape index (κ1) is 17.2. The smallest absolute Gasteiger partial charge is 0.317 e. The van der Waals surface area contributed by atoms with E-state index in [4.69, 9.17) is 5.11 Å². The molecule has 0 radical (unpaired) electrons. The van der Waals surface area contributed by atoms with Crippen LogP contribution in [0.4, 0.5) is 0 Å². The normalized spacial score (nSPS) is 19.6. The van der Waals surface area contributed by atoms with Crippen molar-refractivity contribution in [3.8, 4) is 0 Å². The highest BCUT2D eigenvalue weighted by Gasteiger charge is 2.29. The Hall–Kier alpha value is -2.19. The highest BCUT2D eigenvalue weighted by molar-refractivity contribution is 7.14. The third-order valence-electron chi connectivity index (χ3n) is 5.19. The van der Waals surface area contributed by atoms with E-state index in [2.05, 4.69) is 15.5 Å². The summed E-state index contributed by atoms with van der Waals surface area (Å²) in [5.41, 5.74) is 3.39. The average molecular weight is 374 g/mol. The van der Waals surface area contributed by atoms with E-state index in [1.807, 2.05) is 17.0 Å². The first-order valence-corrected chi connectivity index (χ1v) is 9.82. The molecule has 0 spiro atoms. The van der Waals surface area contributed by atoms with Gasteiger partial charge in [0.15, 0.2) is 0 Å². The number of aromatic amines is 1. The summed E-state index contributed by atoms with van der Waals surface area (Å²) in [5.74, 6) is -0.906. The minimum atomic E-state index is -0.807. The number of nitrogens with one attached hydrogen (secondary N) is 2. The fourth-order valence-electron chi connectivity index (χ4n) is 3.95. The van der Waals surface area contributed by atoms with E-state index >= 15 is 0 Å². The number of carboxylic acids is 1. The van der Waals surface area contributed by atoms with Crippen LogP contribution in [-0.4, -0.2) is 45.2 Å². The van der Waals surface area contributed by atoms with Gasteiger partial charge in [0.2, 0.25) is 0 Å². The fourth-order valence-corrected chi connectivity index (χ4v) is 5.04. The predicted molar refractivity (Wildman–Crippen MR) is 97.3 cm³/mol. The molecule has 1 aliphatic heterocycles. The van der Waals surface area contributed by atoms with Gasteiger partial charge in [0.05, 0.1) is 23.7 Å². The van der Waals surface area contributed by atoms with E-state index in [1.54, 1.807) is 0 Å². The maximum atomic E-state index is 12.5. The molecule has 2 aliphatic rings. The number of aryl methyl sites for hydroxylation is 1. The van der Waals surface area contributed by atoms with Gasteiger partial charge < -0.3 is 10.4 Å². The molecular weight excluding hydrogens is 352 g/mol. The zero-order valence-corrected chi connectivity index (χ0v) is 15.3. The second kappa shape index (κ2) is 7.20. The quantitative estimate of drug-likeness (QED) is 0.719. The molecule has 1 amide bonds. The number of nitrogens with zero attached hydrogens (tertiary/aromatic N) is 2. The third-order valence-corrected chi connectivity index (χ3v) is 6.37. The molecule has 0 bridgehead atoms. The Kier molecular flexibility index (Phi) is 4.78. The second-order valence-corrected chi connectivity index (χ2v) is 8.00. The average Bonchev–Trinajstić information content (AvgIpc) is 3.36. The number of H-pyrrole nitrogens is 1. The number of likely N-dealkylation sites (tertiary alicyclic amines) is 1. The molecule has 1 saturated heterocycles. The number of aliphatic carboxylic acids is 1. The van der Waals surface area contributed by atoms with Gasteiger partial charge in [-0.05, 0) is 56.3 Å². The summed E-state index contributed by atoms with van der Waals surface area (Å²) in [4.78, 5) is 27.2. The molecule has 1 atom stereocenters. The van der Waals surface area contributed by atoms with Gasteiger partial charge >= 0.3 is 5.97 Å². The van der Waals surface area contributed by atoms with Crippen LogP contribution in [0.15, 0.2) is 12.1 Å². The second-order valence-electron chi connectivity index (χ2n) is 6.89. The van der Waals surface area contributed by atoms with Gasteiger partial charge in [-0.2, -0.15) is 5.10 Å². The number of amides is 1. The van der Waals surface area contributed by atoms with Gasteiger partial charge in [0, 0.05) is 16.6 Å².